The van der Waals surface area contributed by atoms with Crippen LogP contribution in [0.1, 0.15) is 33.2 Å². The molecule has 6 heteroatoms. The van der Waals surface area contributed by atoms with Gasteiger partial charge in [-0.15, -0.1) is 0 Å². The first-order valence-electron chi connectivity index (χ1n) is 8.78. The zero-order valence-corrected chi connectivity index (χ0v) is 15.0. The molecule has 0 aliphatic carbocycles. The van der Waals surface area contributed by atoms with Gasteiger partial charge in [-0.1, -0.05) is 42.5 Å². The number of para-hydroxylation sites is 2. The molecule has 0 radical (unpaired) electrons. The van der Waals surface area contributed by atoms with E-state index >= 15 is 0 Å². The number of aryl methyl sites for hydroxylation is 1. The van der Waals surface area contributed by atoms with E-state index in [2.05, 4.69) is 5.32 Å². The molecule has 0 spiro atoms. The van der Waals surface area contributed by atoms with Crippen LogP contribution in [0.4, 0.5) is 24.5 Å². The zero-order chi connectivity index (χ0) is 19.9. The minimum atomic E-state index is -4.46. The number of halogens is 3. The van der Waals surface area contributed by atoms with E-state index in [1.54, 1.807) is 42.5 Å². The number of amides is 1. The van der Waals surface area contributed by atoms with Crippen molar-refractivity contribution in [2.45, 2.75) is 19.3 Å². The van der Waals surface area contributed by atoms with Gasteiger partial charge in [0.2, 0.25) is 0 Å². The lowest BCUT2D eigenvalue weighted by Crippen LogP contribution is -2.43. The van der Waals surface area contributed by atoms with Crippen molar-refractivity contribution in [1.29, 1.82) is 0 Å². The van der Waals surface area contributed by atoms with Gasteiger partial charge < -0.3 is 5.32 Å². The Balaban J connectivity index is 1.89. The Labute approximate surface area is 160 Å². The largest absolute Gasteiger partial charge is 0.416 e. The summed E-state index contributed by atoms with van der Waals surface area (Å²) in [4.78, 5) is 14.8. The first-order chi connectivity index (χ1) is 13.4. The Morgan fingerprint density at radius 1 is 0.929 bits per heavy atom. The summed E-state index contributed by atoms with van der Waals surface area (Å²) >= 11 is 0. The van der Waals surface area contributed by atoms with Gasteiger partial charge in [0.15, 0.2) is 0 Å². The predicted molar refractivity (Wildman–Crippen MR) is 102 cm³/mol. The van der Waals surface area contributed by atoms with Gasteiger partial charge in [0.1, 0.15) is 6.17 Å². The third kappa shape index (κ3) is 3.11. The standard InChI is InChI=1S/C22H17F3N2O/c1-14-7-2-5-12-19(14)27-20(15-8-6-9-16(13-15)22(23,24)25)26-18-11-4-3-10-17(18)21(27)28/h2-13,20,26H,1H3/t20-/m1/s1. The number of hydrogen-bond donors (Lipinski definition) is 1. The van der Waals surface area contributed by atoms with Crippen LogP contribution < -0.4 is 10.2 Å². The van der Waals surface area contributed by atoms with E-state index in [1.165, 1.54) is 11.0 Å². The quantitative estimate of drug-likeness (QED) is 0.609. The average molecular weight is 382 g/mol. The van der Waals surface area contributed by atoms with Crippen LogP contribution in [-0.2, 0) is 6.18 Å². The summed E-state index contributed by atoms with van der Waals surface area (Å²) < 4.78 is 39.7. The third-order valence-electron chi connectivity index (χ3n) is 4.83. The monoisotopic (exact) mass is 382 g/mol. The fourth-order valence-electron chi connectivity index (χ4n) is 3.45. The van der Waals surface area contributed by atoms with E-state index in [-0.39, 0.29) is 5.91 Å². The molecule has 1 aliphatic rings. The van der Waals surface area contributed by atoms with Gasteiger partial charge in [-0.2, -0.15) is 13.2 Å². The fourth-order valence-corrected chi connectivity index (χ4v) is 3.45. The molecule has 0 fully saturated rings. The van der Waals surface area contributed by atoms with Crippen molar-refractivity contribution < 1.29 is 18.0 Å². The molecule has 0 saturated heterocycles. The summed E-state index contributed by atoms with van der Waals surface area (Å²) in [5.41, 5.74) is 2.20. The lowest BCUT2D eigenvalue weighted by Gasteiger charge is -2.39. The number of hydrogen-bond acceptors (Lipinski definition) is 2. The van der Waals surface area contributed by atoms with Crippen molar-refractivity contribution >= 4 is 17.3 Å². The lowest BCUT2D eigenvalue weighted by atomic mass is 10.00. The lowest BCUT2D eigenvalue weighted by molar-refractivity contribution is -0.137. The molecule has 0 aromatic heterocycles. The second-order valence-electron chi connectivity index (χ2n) is 6.68. The van der Waals surface area contributed by atoms with Gasteiger partial charge >= 0.3 is 6.18 Å². The van der Waals surface area contributed by atoms with Crippen molar-refractivity contribution in [3.63, 3.8) is 0 Å². The number of anilines is 2. The maximum atomic E-state index is 13.3. The van der Waals surface area contributed by atoms with E-state index in [1.807, 2.05) is 19.1 Å². The van der Waals surface area contributed by atoms with Crippen molar-refractivity contribution in [3.05, 3.63) is 95.1 Å². The topological polar surface area (TPSA) is 32.3 Å². The molecule has 3 nitrogen and oxygen atoms in total. The van der Waals surface area contributed by atoms with Gasteiger partial charge in [-0.05, 0) is 48.4 Å². The SMILES string of the molecule is Cc1ccccc1N1C(=O)c2ccccc2N[C@H]1c1cccc(C(F)(F)F)c1. The van der Waals surface area contributed by atoms with Crippen LogP contribution in [0.15, 0.2) is 72.8 Å². The van der Waals surface area contributed by atoms with E-state index in [0.29, 0.717) is 22.5 Å². The molecule has 1 heterocycles. The molecule has 0 saturated carbocycles. The van der Waals surface area contributed by atoms with Crippen molar-refractivity contribution in [2.75, 3.05) is 10.2 Å². The summed E-state index contributed by atoms with van der Waals surface area (Å²) in [5.74, 6) is -0.258. The van der Waals surface area contributed by atoms with E-state index in [9.17, 15) is 18.0 Å². The third-order valence-corrected chi connectivity index (χ3v) is 4.83. The molecule has 1 N–H and O–H groups in total. The highest BCUT2D eigenvalue weighted by atomic mass is 19.4. The zero-order valence-electron chi connectivity index (χ0n) is 15.0. The predicted octanol–water partition coefficient (Wildman–Crippen LogP) is 5.78. The highest BCUT2D eigenvalue weighted by Crippen LogP contribution is 2.39. The van der Waals surface area contributed by atoms with Crippen LogP contribution in [-0.4, -0.2) is 5.91 Å². The van der Waals surface area contributed by atoms with E-state index < -0.39 is 17.9 Å². The first kappa shape index (κ1) is 18.1. The molecular formula is C22H17F3N2O. The Hall–Kier alpha value is -3.28. The highest BCUT2D eigenvalue weighted by Gasteiger charge is 2.36. The number of nitrogens with zero attached hydrogens (tertiary/aromatic N) is 1. The highest BCUT2D eigenvalue weighted by molar-refractivity contribution is 6.12. The molecule has 0 bridgehead atoms. The van der Waals surface area contributed by atoms with Gasteiger partial charge in [0, 0.05) is 11.4 Å². The number of alkyl halides is 3. The molecule has 1 atom stereocenters. The summed E-state index contributed by atoms with van der Waals surface area (Å²) in [6, 6.07) is 19.4. The molecular weight excluding hydrogens is 365 g/mol. The maximum Gasteiger partial charge on any atom is 0.416 e. The number of rotatable bonds is 2. The number of carbonyl (C=O) groups excluding carboxylic acids is 1. The summed E-state index contributed by atoms with van der Waals surface area (Å²) in [5, 5.41) is 3.24. The Kier molecular flexibility index (Phi) is 4.34. The fraction of sp³-hybridized carbons (Fsp3) is 0.136. The van der Waals surface area contributed by atoms with Gasteiger partial charge in [-0.3, -0.25) is 9.69 Å². The summed E-state index contributed by atoms with van der Waals surface area (Å²) in [6.07, 6.45) is -5.22. The summed E-state index contributed by atoms with van der Waals surface area (Å²) in [7, 11) is 0. The Morgan fingerprint density at radius 3 is 2.39 bits per heavy atom. The van der Waals surface area contributed by atoms with Crippen LogP contribution >= 0.6 is 0 Å². The minimum absolute atomic E-state index is 0.258. The molecule has 1 aliphatic heterocycles. The van der Waals surface area contributed by atoms with Crippen LogP contribution in [0.2, 0.25) is 0 Å². The minimum Gasteiger partial charge on any atom is -0.360 e. The number of carbonyl (C=O) groups is 1. The van der Waals surface area contributed by atoms with Crippen LogP contribution in [0.25, 0.3) is 0 Å². The number of fused-ring (bicyclic) bond motifs is 1. The Bertz CT molecular complexity index is 1050. The molecule has 3 aromatic rings. The maximum absolute atomic E-state index is 13.3. The van der Waals surface area contributed by atoms with Crippen molar-refractivity contribution in [2.24, 2.45) is 0 Å². The first-order valence-corrected chi connectivity index (χ1v) is 8.78. The van der Waals surface area contributed by atoms with Crippen LogP contribution in [0, 0.1) is 6.92 Å². The van der Waals surface area contributed by atoms with Crippen molar-refractivity contribution in [3.8, 4) is 0 Å². The van der Waals surface area contributed by atoms with Gasteiger partial charge in [0.05, 0.1) is 11.1 Å². The van der Waals surface area contributed by atoms with Crippen LogP contribution in [0.3, 0.4) is 0 Å². The van der Waals surface area contributed by atoms with E-state index in [4.69, 9.17) is 0 Å². The molecule has 1 amide bonds. The normalized spacial score (nSPS) is 16.5. The van der Waals surface area contributed by atoms with E-state index in [0.717, 1.165) is 17.7 Å². The van der Waals surface area contributed by atoms with Gasteiger partial charge in [0.25, 0.3) is 5.91 Å². The smallest absolute Gasteiger partial charge is 0.360 e. The van der Waals surface area contributed by atoms with Crippen LogP contribution in [0.5, 0.6) is 0 Å². The molecule has 4 rings (SSSR count). The Morgan fingerprint density at radius 2 is 1.64 bits per heavy atom. The molecule has 3 aromatic carbocycles. The van der Waals surface area contributed by atoms with Gasteiger partial charge in [-0.25, -0.2) is 0 Å². The number of benzene rings is 3. The molecule has 28 heavy (non-hydrogen) atoms. The molecule has 142 valence electrons. The second kappa shape index (κ2) is 6.71. The van der Waals surface area contributed by atoms with Crippen molar-refractivity contribution in [1.82, 2.24) is 0 Å². The summed E-state index contributed by atoms with van der Waals surface area (Å²) in [6.45, 7) is 1.87. The number of nitrogens with one attached hydrogen (secondary N) is 1. The second-order valence-corrected chi connectivity index (χ2v) is 6.68. The molecule has 0 unspecified atom stereocenters. The average Bonchev–Trinajstić information content (AvgIpc) is 2.68.